The zero-order valence-electron chi connectivity index (χ0n) is 17.4. The first-order valence-electron chi connectivity index (χ1n) is 9.63. The first-order chi connectivity index (χ1) is 16.0. The molecule has 0 bridgehead atoms. The Hall–Kier alpha value is -4.13. The lowest BCUT2D eigenvalue weighted by atomic mass is 10.2. The number of aryl methyl sites for hydroxylation is 1. The summed E-state index contributed by atoms with van der Waals surface area (Å²) in [6.07, 6.45) is -4.03. The minimum absolute atomic E-state index is 0.00927. The predicted molar refractivity (Wildman–Crippen MR) is 115 cm³/mol. The van der Waals surface area contributed by atoms with Gasteiger partial charge in [0.1, 0.15) is 5.76 Å². The Labute approximate surface area is 191 Å². The molecule has 0 aliphatic carbocycles. The van der Waals surface area contributed by atoms with E-state index in [9.17, 15) is 26.4 Å². The van der Waals surface area contributed by atoms with Crippen LogP contribution in [0.4, 0.5) is 24.7 Å². The zero-order valence-corrected chi connectivity index (χ0v) is 18.2. The number of benzene rings is 2. The quantitative estimate of drug-likeness (QED) is 0.416. The molecule has 34 heavy (non-hydrogen) atoms. The minimum atomic E-state index is -4.86. The number of para-hydroxylation sites is 1. The van der Waals surface area contributed by atoms with Crippen molar-refractivity contribution < 1.29 is 30.9 Å². The summed E-state index contributed by atoms with van der Waals surface area (Å²) in [6, 6.07) is 13.8. The highest BCUT2D eigenvalue weighted by atomic mass is 32.2. The maximum Gasteiger partial charge on any atom is 0.434 e. The molecule has 0 atom stereocenters. The summed E-state index contributed by atoms with van der Waals surface area (Å²) in [4.78, 5) is 12.5. The minimum Gasteiger partial charge on any atom is -0.360 e. The van der Waals surface area contributed by atoms with Crippen molar-refractivity contribution in [1.82, 2.24) is 14.9 Å². The third kappa shape index (κ3) is 4.78. The van der Waals surface area contributed by atoms with Gasteiger partial charge in [0.2, 0.25) is 0 Å². The highest BCUT2D eigenvalue weighted by Crippen LogP contribution is 2.34. The average molecular weight is 491 g/mol. The van der Waals surface area contributed by atoms with Crippen LogP contribution in [0.2, 0.25) is 0 Å². The van der Waals surface area contributed by atoms with Gasteiger partial charge in [-0.25, -0.2) is 13.1 Å². The Morgan fingerprint density at radius 2 is 1.74 bits per heavy atom. The first kappa shape index (κ1) is 23.0. The van der Waals surface area contributed by atoms with Crippen molar-refractivity contribution in [3.8, 4) is 5.69 Å². The highest BCUT2D eigenvalue weighted by molar-refractivity contribution is 7.92. The molecule has 0 fully saturated rings. The molecular formula is C21H16F3N5O4S. The number of amides is 1. The van der Waals surface area contributed by atoms with Gasteiger partial charge in [0.15, 0.2) is 11.5 Å². The van der Waals surface area contributed by atoms with E-state index in [1.54, 1.807) is 25.1 Å². The van der Waals surface area contributed by atoms with Gasteiger partial charge in [-0.2, -0.15) is 18.3 Å². The Balaban J connectivity index is 1.56. The smallest absolute Gasteiger partial charge is 0.360 e. The number of alkyl halides is 3. The van der Waals surface area contributed by atoms with Crippen LogP contribution in [0.1, 0.15) is 21.8 Å². The summed E-state index contributed by atoms with van der Waals surface area (Å²) in [5.74, 6) is -0.657. The number of sulfonamides is 1. The summed E-state index contributed by atoms with van der Waals surface area (Å²) < 4.78 is 73.9. The Bertz CT molecular complexity index is 1430. The topological polar surface area (TPSA) is 119 Å². The van der Waals surface area contributed by atoms with Crippen LogP contribution >= 0.6 is 0 Å². The summed E-state index contributed by atoms with van der Waals surface area (Å²) in [5.41, 5.74) is -1.70. The molecule has 0 aliphatic heterocycles. The number of carbonyl (C=O) groups excluding carboxylic acids is 1. The van der Waals surface area contributed by atoms with Crippen molar-refractivity contribution >= 4 is 27.4 Å². The number of carbonyl (C=O) groups is 1. The number of aromatic nitrogens is 3. The van der Waals surface area contributed by atoms with Crippen LogP contribution in [0, 0.1) is 6.92 Å². The summed E-state index contributed by atoms with van der Waals surface area (Å²) in [5, 5.41) is 9.62. The van der Waals surface area contributed by atoms with Gasteiger partial charge in [-0.15, -0.1) is 0 Å². The molecule has 0 spiro atoms. The van der Waals surface area contributed by atoms with E-state index < -0.39 is 33.4 Å². The van der Waals surface area contributed by atoms with E-state index in [1.165, 1.54) is 42.5 Å². The molecule has 4 rings (SSSR count). The van der Waals surface area contributed by atoms with E-state index in [-0.39, 0.29) is 22.1 Å². The second-order valence-corrected chi connectivity index (χ2v) is 8.74. The van der Waals surface area contributed by atoms with Crippen molar-refractivity contribution in [3.63, 3.8) is 0 Å². The lowest BCUT2D eigenvalue weighted by molar-refractivity contribution is -0.143. The molecule has 176 valence electrons. The fourth-order valence-electron chi connectivity index (χ4n) is 3.08. The molecule has 0 saturated heterocycles. The van der Waals surface area contributed by atoms with Crippen molar-refractivity contribution in [2.75, 3.05) is 10.0 Å². The van der Waals surface area contributed by atoms with Crippen LogP contribution in [-0.2, 0) is 16.2 Å². The zero-order chi connectivity index (χ0) is 24.5. The molecule has 2 aromatic heterocycles. The van der Waals surface area contributed by atoms with Gasteiger partial charge in [-0.1, -0.05) is 23.4 Å². The fourth-order valence-corrected chi connectivity index (χ4v) is 4.06. The van der Waals surface area contributed by atoms with Crippen LogP contribution < -0.4 is 10.0 Å². The number of anilines is 2. The molecule has 2 aromatic carbocycles. The number of nitrogens with zero attached hydrogens (tertiary/aromatic N) is 3. The van der Waals surface area contributed by atoms with Crippen LogP contribution in [0.25, 0.3) is 5.69 Å². The normalized spacial score (nSPS) is 11.9. The Morgan fingerprint density at radius 3 is 2.32 bits per heavy atom. The third-order valence-electron chi connectivity index (χ3n) is 4.57. The monoisotopic (exact) mass is 491 g/mol. The fraction of sp³-hybridized carbons (Fsp3) is 0.0952. The van der Waals surface area contributed by atoms with Gasteiger partial charge >= 0.3 is 6.18 Å². The van der Waals surface area contributed by atoms with E-state index in [1.807, 2.05) is 0 Å². The second kappa shape index (κ2) is 8.67. The molecule has 0 unspecified atom stereocenters. The van der Waals surface area contributed by atoms with E-state index >= 15 is 0 Å². The SMILES string of the molecule is Cc1cc(NS(=O)(=O)c2ccc(NC(=O)c3cnn(-c4ccccc4)c3C(F)(F)F)cc2)no1. The maximum absolute atomic E-state index is 13.8. The van der Waals surface area contributed by atoms with Crippen LogP contribution in [-0.4, -0.2) is 29.3 Å². The summed E-state index contributed by atoms with van der Waals surface area (Å²) in [6.45, 7) is 1.59. The maximum atomic E-state index is 13.8. The molecule has 1 amide bonds. The van der Waals surface area contributed by atoms with Gasteiger partial charge in [-0.3, -0.25) is 9.52 Å². The second-order valence-electron chi connectivity index (χ2n) is 7.06. The van der Waals surface area contributed by atoms with Crippen LogP contribution in [0.3, 0.4) is 0 Å². The molecule has 2 heterocycles. The third-order valence-corrected chi connectivity index (χ3v) is 5.94. The number of rotatable bonds is 6. The van der Waals surface area contributed by atoms with Crippen molar-refractivity contribution in [3.05, 3.63) is 83.9 Å². The van der Waals surface area contributed by atoms with E-state index in [4.69, 9.17) is 4.52 Å². The van der Waals surface area contributed by atoms with Crippen molar-refractivity contribution in [2.24, 2.45) is 0 Å². The van der Waals surface area contributed by atoms with E-state index in [0.717, 1.165) is 6.20 Å². The number of nitrogens with one attached hydrogen (secondary N) is 2. The van der Waals surface area contributed by atoms with E-state index in [0.29, 0.717) is 10.4 Å². The predicted octanol–water partition coefficient (Wildman–Crippen LogP) is 4.24. The van der Waals surface area contributed by atoms with Crippen molar-refractivity contribution in [2.45, 2.75) is 18.0 Å². The van der Waals surface area contributed by atoms with Crippen LogP contribution in [0.5, 0.6) is 0 Å². The molecule has 4 aromatic rings. The largest absolute Gasteiger partial charge is 0.434 e. The molecule has 13 heteroatoms. The van der Waals surface area contributed by atoms with Crippen LogP contribution in [0.15, 0.2) is 76.3 Å². The number of halogens is 3. The summed E-state index contributed by atoms with van der Waals surface area (Å²) >= 11 is 0. The number of hydrogen-bond donors (Lipinski definition) is 2. The molecular weight excluding hydrogens is 475 g/mol. The average Bonchev–Trinajstić information content (AvgIpc) is 3.41. The molecule has 0 aliphatic rings. The van der Waals surface area contributed by atoms with Gasteiger partial charge in [-0.05, 0) is 43.3 Å². The number of hydrogen-bond acceptors (Lipinski definition) is 6. The van der Waals surface area contributed by atoms with Gasteiger partial charge < -0.3 is 9.84 Å². The van der Waals surface area contributed by atoms with Gasteiger partial charge in [0.05, 0.1) is 22.3 Å². The Kier molecular flexibility index (Phi) is 5.87. The standard InChI is InChI=1S/C21H16F3N5O4S/c1-13-11-18(27-33-13)28-34(31,32)16-9-7-14(8-10-16)26-20(30)17-12-25-29(19(17)21(22,23)24)15-5-3-2-4-6-15/h2-12H,1H3,(H,26,30)(H,27,28). The first-order valence-corrected chi connectivity index (χ1v) is 11.1. The van der Waals surface area contributed by atoms with Crippen molar-refractivity contribution in [1.29, 1.82) is 0 Å². The molecule has 9 nitrogen and oxygen atoms in total. The lowest BCUT2D eigenvalue weighted by Gasteiger charge is -2.13. The summed E-state index contributed by atoms with van der Waals surface area (Å²) in [7, 11) is -4.00. The lowest BCUT2D eigenvalue weighted by Crippen LogP contribution is -2.20. The molecule has 2 N–H and O–H groups in total. The Morgan fingerprint density at radius 1 is 1.06 bits per heavy atom. The van der Waals surface area contributed by atoms with E-state index in [2.05, 4.69) is 20.3 Å². The molecule has 0 radical (unpaired) electrons. The molecule has 0 saturated carbocycles. The highest BCUT2D eigenvalue weighted by Gasteiger charge is 2.40. The van der Waals surface area contributed by atoms with Gasteiger partial charge in [0, 0.05) is 11.8 Å². The van der Waals surface area contributed by atoms with Gasteiger partial charge in [0.25, 0.3) is 15.9 Å².